The smallest absolute Gasteiger partial charge is 0.224 e. The first-order valence-electron chi connectivity index (χ1n) is 8.10. The number of amides is 2. The molecule has 0 bridgehead atoms. The van der Waals surface area contributed by atoms with E-state index in [2.05, 4.69) is 10.6 Å². The Balaban J connectivity index is 1.70. The van der Waals surface area contributed by atoms with E-state index in [1.54, 1.807) is 12.1 Å². The molecule has 1 aliphatic rings. The van der Waals surface area contributed by atoms with Crippen molar-refractivity contribution in [3.05, 3.63) is 35.6 Å². The maximum absolute atomic E-state index is 12.8. The van der Waals surface area contributed by atoms with E-state index in [9.17, 15) is 14.0 Å². The first-order chi connectivity index (χ1) is 11.1. The highest BCUT2D eigenvalue weighted by Gasteiger charge is 2.23. The van der Waals surface area contributed by atoms with Gasteiger partial charge in [0.1, 0.15) is 5.82 Å². The maximum Gasteiger partial charge on any atom is 0.224 e. The summed E-state index contributed by atoms with van der Waals surface area (Å²) in [6, 6.07) is 6.29. The SMILES string of the molecule is NCCC(=O)N[C@H]1CC[C@H](NC(=O)Cc2ccc(F)cc2)CC1. The molecule has 0 aromatic heterocycles. The molecule has 2 amide bonds. The van der Waals surface area contributed by atoms with Crippen LogP contribution in [0.1, 0.15) is 37.7 Å². The summed E-state index contributed by atoms with van der Waals surface area (Å²) in [6.07, 6.45) is 4.03. The van der Waals surface area contributed by atoms with Gasteiger partial charge in [-0.15, -0.1) is 0 Å². The Hall–Kier alpha value is -1.95. The lowest BCUT2D eigenvalue weighted by atomic mass is 9.91. The molecule has 1 saturated carbocycles. The highest BCUT2D eigenvalue weighted by Crippen LogP contribution is 2.19. The van der Waals surface area contributed by atoms with Crippen molar-refractivity contribution in [2.45, 2.75) is 50.6 Å². The highest BCUT2D eigenvalue weighted by atomic mass is 19.1. The molecule has 6 heteroatoms. The average molecular weight is 321 g/mol. The zero-order valence-corrected chi connectivity index (χ0v) is 13.2. The van der Waals surface area contributed by atoms with E-state index in [1.165, 1.54) is 12.1 Å². The fourth-order valence-corrected chi connectivity index (χ4v) is 2.88. The second-order valence-corrected chi connectivity index (χ2v) is 6.03. The molecule has 1 fully saturated rings. The van der Waals surface area contributed by atoms with E-state index in [0.717, 1.165) is 31.2 Å². The number of benzene rings is 1. The molecule has 0 radical (unpaired) electrons. The van der Waals surface area contributed by atoms with E-state index >= 15 is 0 Å². The van der Waals surface area contributed by atoms with Gasteiger partial charge >= 0.3 is 0 Å². The second-order valence-electron chi connectivity index (χ2n) is 6.03. The number of rotatable bonds is 6. The van der Waals surface area contributed by atoms with Crippen molar-refractivity contribution in [3.8, 4) is 0 Å². The van der Waals surface area contributed by atoms with Gasteiger partial charge in [-0.3, -0.25) is 9.59 Å². The van der Waals surface area contributed by atoms with Gasteiger partial charge in [0.15, 0.2) is 0 Å². The summed E-state index contributed by atoms with van der Waals surface area (Å²) in [5, 5.41) is 5.99. The number of nitrogens with one attached hydrogen (secondary N) is 2. The highest BCUT2D eigenvalue weighted by molar-refractivity contribution is 5.79. The normalized spacial score (nSPS) is 20.8. The molecule has 126 valence electrons. The standard InChI is InChI=1S/C17H24FN3O2/c18-13-3-1-12(2-4-13)11-17(23)21-15-7-5-14(6-8-15)20-16(22)9-10-19/h1-4,14-15H,5-11,19H2,(H,20,22)(H,21,23)/t14-,15-. The molecule has 5 nitrogen and oxygen atoms in total. The first kappa shape index (κ1) is 17.4. The van der Waals surface area contributed by atoms with Crippen LogP contribution in [-0.4, -0.2) is 30.4 Å². The number of halogens is 1. The van der Waals surface area contributed by atoms with Crippen molar-refractivity contribution in [1.82, 2.24) is 10.6 Å². The molecule has 0 aliphatic heterocycles. The van der Waals surface area contributed by atoms with Crippen molar-refractivity contribution in [1.29, 1.82) is 0 Å². The zero-order valence-electron chi connectivity index (χ0n) is 13.2. The van der Waals surface area contributed by atoms with E-state index in [1.807, 2.05) is 0 Å². The Morgan fingerprint density at radius 2 is 1.52 bits per heavy atom. The van der Waals surface area contributed by atoms with Gasteiger partial charge < -0.3 is 16.4 Å². The third-order valence-electron chi connectivity index (χ3n) is 4.11. The average Bonchev–Trinajstić information content (AvgIpc) is 2.52. The molecular weight excluding hydrogens is 297 g/mol. The second kappa shape index (κ2) is 8.62. The monoisotopic (exact) mass is 321 g/mol. The summed E-state index contributed by atoms with van der Waals surface area (Å²) in [4.78, 5) is 23.5. The Bertz CT molecular complexity index is 525. The molecule has 1 aliphatic carbocycles. The lowest BCUT2D eigenvalue weighted by molar-refractivity contribution is -0.123. The van der Waals surface area contributed by atoms with Gasteiger partial charge in [-0.1, -0.05) is 12.1 Å². The van der Waals surface area contributed by atoms with Crippen LogP contribution in [0.25, 0.3) is 0 Å². The lowest BCUT2D eigenvalue weighted by Gasteiger charge is -2.29. The van der Waals surface area contributed by atoms with Crippen LogP contribution in [0.15, 0.2) is 24.3 Å². The molecule has 0 heterocycles. The van der Waals surface area contributed by atoms with Crippen LogP contribution in [0, 0.1) is 5.82 Å². The largest absolute Gasteiger partial charge is 0.353 e. The minimum atomic E-state index is -0.302. The predicted octanol–water partition coefficient (Wildman–Crippen LogP) is 1.26. The summed E-state index contributed by atoms with van der Waals surface area (Å²) >= 11 is 0. The molecule has 1 aromatic rings. The van der Waals surface area contributed by atoms with Crippen LogP contribution >= 0.6 is 0 Å². The molecule has 0 atom stereocenters. The maximum atomic E-state index is 12.8. The van der Waals surface area contributed by atoms with Gasteiger partial charge in [0.05, 0.1) is 6.42 Å². The number of hydrogen-bond donors (Lipinski definition) is 3. The number of hydrogen-bond acceptors (Lipinski definition) is 3. The van der Waals surface area contributed by atoms with Crippen LogP contribution in [0.4, 0.5) is 4.39 Å². The fraction of sp³-hybridized carbons (Fsp3) is 0.529. The van der Waals surface area contributed by atoms with Crippen molar-refractivity contribution in [2.24, 2.45) is 5.73 Å². The first-order valence-corrected chi connectivity index (χ1v) is 8.10. The van der Waals surface area contributed by atoms with Crippen molar-refractivity contribution >= 4 is 11.8 Å². The van der Waals surface area contributed by atoms with Crippen LogP contribution in [0.3, 0.4) is 0 Å². The third-order valence-corrected chi connectivity index (χ3v) is 4.11. The van der Waals surface area contributed by atoms with Gasteiger partial charge in [0.25, 0.3) is 0 Å². The molecule has 2 rings (SSSR count). The topological polar surface area (TPSA) is 84.2 Å². The van der Waals surface area contributed by atoms with Crippen LogP contribution in [0.2, 0.25) is 0 Å². The molecule has 4 N–H and O–H groups in total. The third kappa shape index (κ3) is 5.98. The van der Waals surface area contributed by atoms with Gasteiger partial charge in [0, 0.05) is 25.0 Å². The molecule has 0 unspecified atom stereocenters. The molecule has 0 spiro atoms. The lowest BCUT2D eigenvalue weighted by Crippen LogP contribution is -2.44. The summed E-state index contributed by atoms with van der Waals surface area (Å²) in [7, 11) is 0. The Labute approximate surface area is 135 Å². The predicted molar refractivity (Wildman–Crippen MR) is 86.1 cm³/mol. The minimum absolute atomic E-state index is 0.00343. The van der Waals surface area contributed by atoms with E-state index in [0.29, 0.717) is 13.0 Å². The molecule has 23 heavy (non-hydrogen) atoms. The molecule has 0 saturated heterocycles. The number of nitrogens with two attached hydrogens (primary N) is 1. The summed E-state index contributed by atoms with van der Waals surface area (Å²) < 4.78 is 12.8. The van der Waals surface area contributed by atoms with Gasteiger partial charge in [-0.25, -0.2) is 4.39 Å². The van der Waals surface area contributed by atoms with Gasteiger partial charge in [-0.05, 0) is 43.4 Å². The summed E-state index contributed by atoms with van der Waals surface area (Å²) in [6.45, 7) is 0.362. The van der Waals surface area contributed by atoms with Crippen LogP contribution < -0.4 is 16.4 Å². The van der Waals surface area contributed by atoms with Crippen molar-refractivity contribution in [3.63, 3.8) is 0 Å². The quantitative estimate of drug-likeness (QED) is 0.737. The number of carbonyl (C=O) groups excluding carboxylic acids is 2. The molecule has 1 aromatic carbocycles. The van der Waals surface area contributed by atoms with Gasteiger partial charge in [-0.2, -0.15) is 0 Å². The fourth-order valence-electron chi connectivity index (χ4n) is 2.88. The summed E-state index contributed by atoms with van der Waals surface area (Å²) in [5.74, 6) is -0.354. The number of carbonyl (C=O) groups is 2. The Morgan fingerprint density at radius 1 is 1.00 bits per heavy atom. The minimum Gasteiger partial charge on any atom is -0.353 e. The van der Waals surface area contributed by atoms with Crippen LogP contribution in [-0.2, 0) is 16.0 Å². The van der Waals surface area contributed by atoms with E-state index < -0.39 is 0 Å². The summed E-state index contributed by atoms with van der Waals surface area (Å²) in [5.41, 5.74) is 6.15. The van der Waals surface area contributed by atoms with Gasteiger partial charge in [0.2, 0.25) is 11.8 Å². The van der Waals surface area contributed by atoms with E-state index in [4.69, 9.17) is 5.73 Å². The van der Waals surface area contributed by atoms with Crippen molar-refractivity contribution in [2.75, 3.05) is 6.54 Å². The Morgan fingerprint density at radius 3 is 2.04 bits per heavy atom. The molecular formula is C17H24FN3O2. The van der Waals surface area contributed by atoms with E-state index in [-0.39, 0.29) is 36.1 Å². The van der Waals surface area contributed by atoms with Crippen LogP contribution in [0.5, 0.6) is 0 Å². The zero-order chi connectivity index (χ0) is 16.7. The van der Waals surface area contributed by atoms with Crippen molar-refractivity contribution < 1.29 is 14.0 Å². The Kier molecular flexibility index (Phi) is 6.52.